The topological polar surface area (TPSA) is 27.0 Å². The third-order valence-electron chi connectivity index (χ3n) is 3.27. The van der Waals surface area contributed by atoms with Crippen LogP contribution in [0.3, 0.4) is 0 Å². The number of hydrogen-bond acceptors (Lipinski definition) is 2. The minimum absolute atomic E-state index is 0.187. The lowest BCUT2D eigenvalue weighted by Crippen LogP contribution is -2.29. The quantitative estimate of drug-likeness (QED) is 0.760. The van der Waals surface area contributed by atoms with Gasteiger partial charge < -0.3 is 0 Å². The molecule has 0 fully saturated rings. The molecule has 0 aromatic heterocycles. The number of benzene rings is 1. The summed E-state index contributed by atoms with van der Waals surface area (Å²) in [5, 5.41) is 8.50. The van der Waals surface area contributed by atoms with Crippen LogP contribution in [0.5, 0.6) is 0 Å². The Hall–Kier alpha value is -1.66. The van der Waals surface area contributed by atoms with Crippen molar-refractivity contribution in [2.75, 3.05) is 19.6 Å². The first-order valence-corrected chi connectivity index (χ1v) is 6.34. The summed E-state index contributed by atoms with van der Waals surface area (Å²) in [5.41, 5.74) is 2.42. The first kappa shape index (κ1) is 12.8. The molecule has 1 heterocycles. The van der Waals surface area contributed by atoms with Crippen LogP contribution in [0.4, 0.5) is 4.39 Å². The van der Waals surface area contributed by atoms with Gasteiger partial charge in [0.2, 0.25) is 0 Å². The van der Waals surface area contributed by atoms with E-state index in [4.69, 9.17) is 5.26 Å². The lowest BCUT2D eigenvalue weighted by molar-refractivity contribution is 0.299. The van der Waals surface area contributed by atoms with E-state index in [1.165, 1.54) is 17.7 Å². The molecule has 0 saturated heterocycles. The van der Waals surface area contributed by atoms with Crippen molar-refractivity contribution in [1.29, 1.82) is 5.26 Å². The van der Waals surface area contributed by atoms with Crippen LogP contribution in [0.15, 0.2) is 30.3 Å². The van der Waals surface area contributed by atoms with Gasteiger partial charge in [-0.3, -0.25) is 4.90 Å². The molecule has 0 aliphatic carbocycles. The maximum absolute atomic E-state index is 12.8. The number of unbranched alkanes of at least 4 members (excludes halogenated alkanes) is 1. The number of nitrogens with zero attached hydrogens (tertiary/aromatic N) is 2. The van der Waals surface area contributed by atoms with Crippen molar-refractivity contribution in [2.45, 2.75) is 19.3 Å². The molecular formula is C15H17FN2. The molecular weight excluding hydrogens is 227 g/mol. The highest BCUT2D eigenvalue weighted by atomic mass is 19.1. The second-order valence-corrected chi connectivity index (χ2v) is 4.55. The molecule has 94 valence electrons. The lowest BCUT2D eigenvalue weighted by Gasteiger charge is -2.26. The first-order valence-electron chi connectivity index (χ1n) is 6.34. The summed E-state index contributed by atoms with van der Waals surface area (Å²) in [4.78, 5) is 2.35. The highest BCUT2D eigenvalue weighted by Crippen LogP contribution is 2.22. The largest absolute Gasteiger partial charge is 0.299 e. The lowest BCUT2D eigenvalue weighted by atomic mass is 9.99. The third kappa shape index (κ3) is 3.41. The van der Waals surface area contributed by atoms with Crippen LogP contribution in [0.1, 0.15) is 24.8 Å². The zero-order valence-electron chi connectivity index (χ0n) is 10.4. The first-order chi connectivity index (χ1) is 8.79. The molecule has 0 spiro atoms. The zero-order chi connectivity index (χ0) is 12.8. The summed E-state index contributed by atoms with van der Waals surface area (Å²) in [5.74, 6) is -0.187. The van der Waals surface area contributed by atoms with Gasteiger partial charge in [-0.25, -0.2) is 4.39 Å². The van der Waals surface area contributed by atoms with E-state index in [1.807, 2.05) is 12.1 Å². The van der Waals surface area contributed by atoms with E-state index >= 15 is 0 Å². The summed E-state index contributed by atoms with van der Waals surface area (Å²) in [6.45, 7) is 2.94. The molecule has 0 radical (unpaired) electrons. The van der Waals surface area contributed by atoms with Crippen molar-refractivity contribution in [3.63, 3.8) is 0 Å². The van der Waals surface area contributed by atoms with Gasteiger partial charge in [-0.2, -0.15) is 5.26 Å². The summed E-state index contributed by atoms with van der Waals surface area (Å²) >= 11 is 0. The Bertz CT molecular complexity index is 456. The normalized spacial score (nSPS) is 16.1. The predicted octanol–water partition coefficient (Wildman–Crippen LogP) is 3.22. The van der Waals surface area contributed by atoms with Gasteiger partial charge in [-0.05, 0) is 42.7 Å². The molecule has 18 heavy (non-hydrogen) atoms. The number of hydrogen-bond donors (Lipinski definition) is 0. The Balaban J connectivity index is 1.90. The Kier molecular flexibility index (Phi) is 4.49. The minimum Gasteiger partial charge on any atom is -0.299 e. The summed E-state index contributed by atoms with van der Waals surface area (Å²) < 4.78 is 12.8. The Morgan fingerprint density at radius 1 is 1.28 bits per heavy atom. The summed E-state index contributed by atoms with van der Waals surface area (Å²) in [6.07, 6.45) is 4.78. The van der Waals surface area contributed by atoms with E-state index < -0.39 is 0 Å². The van der Waals surface area contributed by atoms with Crippen molar-refractivity contribution < 1.29 is 4.39 Å². The fourth-order valence-corrected chi connectivity index (χ4v) is 2.22. The molecule has 0 bridgehead atoms. The Labute approximate surface area is 107 Å². The van der Waals surface area contributed by atoms with Gasteiger partial charge in [0.25, 0.3) is 0 Å². The summed E-state index contributed by atoms with van der Waals surface area (Å²) in [6, 6.07) is 8.87. The van der Waals surface area contributed by atoms with Crippen LogP contribution < -0.4 is 0 Å². The number of rotatable bonds is 4. The van der Waals surface area contributed by atoms with Gasteiger partial charge >= 0.3 is 0 Å². The fraction of sp³-hybridized carbons (Fsp3) is 0.400. The molecule has 1 aliphatic rings. The Morgan fingerprint density at radius 3 is 2.67 bits per heavy atom. The van der Waals surface area contributed by atoms with E-state index in [1.54, 1.807) is 0 Å². The SMILES string of the molecule is N#CCCCN1CC=C(c2ccc(F)cc2)CC1. The summed E-state index contributed by atoms with van der Waals surface area (Å²) in [7, 11) is 0. The molecule has 1 aromatic rings. The molecule has 0 saturated carbocycles. The van der Waals surface area contributed by atoms with Crippen molar-refractivity contribution in [1.82, 2.24) is 4.90 Å². The molecule has 2 rings (SSSR count). The standard InChI is InChI=1S/C15H17FN2/c16-15-5-3-13(4-6-15)14-7-11-18(12-8-14)10-2-1-9-17/h3-7H,1-2,8,10-12H2. The average Bonchev–Trinajstić information content (AvgIpc) is 2.41. The molecule has 0 unspecified atom stereocenters. The smallest absolute Gasteiger partial charge is 0.123 e. The predicted molar refractivity (Wildman–Crippen MR) is 70.3 cm³/mol. The molecule has 0 amide bonds. The van der Waals surface area contributed by atoms with Gasteiger partial charge in [0.05, 0.1) is 6.07 Å². The molecule has 1 aromatic carbocycles. The van der Waals surface area contributed by atoms with E-state index in [-0.39, 0.29) is 5.82 Å². The van der Waals surface area contributed by atoms with Crippen LogP contribution >= 0.6 is 0 Å². The highest BCUT2D eigenvalue weighted by molar-refractivity contribution is 5.66. The molecule has 2 nitrogen and oxygen atoms in total. The van der Waals surface area contributed by atoms with Gasteiger partial charge in [0.1, 0.15) is 5.82 Å². The number of nitriles is 1. The van der Waals surface area contributed by atoms with E-state index in [9.17, 15) is 4.39 Å². The monoisotopic (exact) mass is 244 g/mol. The average molecular weight is 244 g/mol. The van der Waals surface area contributed by atoms with Gasteiger partial charge in [-0.1, -0.05) is 18.2 Å². The van der Waals surface area contributed by atoms with Crippen molar-refractivity contribution >= 4 is 5.57 Å². The number of halogens is 1. The molecule has 0 atom stereocenters. The molecule has 0 N–H and O–H groups in total. The second-order valence-electron chi connectivity index (χ2n) is 4.55. The molecule has 3 heteroatoms. The van der Waals surface area contributed by atoms with Crippen LogP contribution in [-0.2, 0) is 0 Å². The maximum atomic E-state index is 12.8. The van der Waals surface area contributed by atoms with Gasteiger partial charge in [-0.15, -0.1) is 0 Å². The molecule has 1 aliphatic heterocycles. The van der Waals surface area contributed by atoms with Crippen LogP contribution in [0.25, 0.3) is 5.57 Å². The van der Waals surface area contributed by atoms with Gasteiger partial charge in [0, 0.05) is 19.5 Å². The zero-order valence-corrected chi connectivity index (χ0v) is 10.4. The van der Waals surface area contributed by atoms with E-state index in [2.05, 4.69) is 17.0 Å². The van der Waals surface area contributed by atoms with Crippen LogP contribution in [0.2, 0.25) is 0 Å². The van der Waals surface area contributed by atoms with Crippen molar-refractivity contribution in [3.8, 4) is 6.07 Å². The second kappa shape index (κ2) is 6.32. The highest BCUT2D eigenvalue weighted by Gasteiger charge is 2.12. The van der Waals surface area contributed by atoms with Crippen molar-refractivity contribution in [2.24, 2.45) is 0 Å². The van der Waals surface area contributed by atoms with E-state index in [0.717, 1.165) is 38.0 Å². The maximum Gasteiger partial charge on any atom is 0.123 e. The minimum atomic E-state index is -0.187. The van der Waals surface area contributed by atoms with E-state index in [0.29, 0.717) is 6.42 Å². The van der Waals surface area contributed by atoms with Crippen molar-refractivity contribution in [3.05, 3.63) is 41.7 Å². The Morgan fingerprint density at radius 2 is 2.06 bits per heavy atom. The van der Waals surface area contributed by atoms with Crippen LogP contribution in [-0.4, -0.2) is 24.5 Å². The van der Waals surface area contributed by atoms with Crippen LogP contribution in [0, 0.1) is 17.1 Å². The fourth-order valence-electron chi connectivity index (χ4n) is 2.22. The van der Waals surface area contributed by atoms with Gasteiger partial charge in [0.15, 0.2) is 0 Å². The third-order valence-corrected chi connectivity index (χ3v) is 3.27.